The Bertz CT molecular complexity index is 1040. The van der Waals surface area contributed by atoms with Gasteiger partial charge in [-0.05, 0) is 31.0 Å². The molecule has 5 nitrogen and oxygen atoms in total. The lowest BCUT2D eigenvalue weighted by molar-refractivity contribution is -0.123. The number of piperidine rings is 1. The summed E-state index contributed by atoms with van der Waals surface area (Å²) in [6.45, 7) is 1.26. The number of benzene rings is 2. The predicted molar refractivity (Wildman–Crippen MR) is 105 cm³/mol. The molecule has 0 aliphatic carbocycles. The number of para-hydroxylation sites is 1. The van der Waals surface area contributed by atoms with E-state index in [1.165, 1.54) is 6.07 Å². The Balaban J connectivity index is 1.68. The van der Waals surface area contributed by atoms with Crippen LogP contribution in [0.5, 0.6) is 0 Å². The van der Waals surface area contributed by atoms with Crippen LogP contribution in [0, 0.1) is 11.7 Å². The molecule has 0 spiro atoms. The molecule has 6 heteroatoms. The van der Waals surface area contributed by atoms with Crippen molar-refractivity contribution in [3.8, 4) is 0 Å². The van der Waals surface area contributed by atoms with E-state index >= 15 is 0 Å². The average molecular weight is 379 g/mol. The van der Waals surface area contributed by atoms with Crippen molar-refractivity contribution in [3.63, 3.8) is 0 Å². The highest BCUT2D eigenvalue weighted by Gasteiger charge is 2.28. The van der Waals surface area contributed by atoms with Crippen LogP contribution in [0.1, 0.15) is 28.9 Å². The molecule has 1 saturated heterocycles. The van der Waals surface area contributed by atoms with Gasteiger partial charge in [-0.2, -0.15) is 0 Å². The van der Waals surface area contributed by atoms with Crippen LogP contribution in [0.3, 0.4) is 0 Å². The molecule has 1 fully saturated rings. The normalized spacial score (nSPS) is 15.1. The standard InChI is InChI=1S/C22H22FN3O2/c23-18-7-3-1-6-17(18)14-26-19-8-4-2-5-16(19)13-20(26)22(28)25-11-9-15(10-12-25)21(24)27/h1-8,13,15H,9-12,14H2,(H2,24,27). The summed E-state index contributed by atoms with van der Waals surface area (Å²) in [5.41, 5.74) is 7.35. The number of hydrogen-bond donors (Lipinski definition) is 1. The lowest BCUT2D eigenvalue weighted by atomic mass is 9.96. The highest BCUT2D eigenvalue weighted by atomic mass is 19.1. The molecule has 1 aromatic heterocycles. The Hall–Kier alpha value is -3.15. The molecule has 0 atom stereocenters. The monoisotopic (exact) mass is 379 g/mol. The van der Waals surface area contributed by atoms with Crippen molar-refractivity contribution >= 4 is 22.7 Å². The molecule has 2 amide bonds. The SMILES string of the molecule is NC(=O)C1CCN(C(=O)c2cc3ccccc3n2Cc2ccccc2F)CC1. The summed E-state index contributed by atoms with van der Waals surface area (Å²) in [7, 11) is 0. The van der Waals surface area contributed by atoms with E-state index in [9.17, 15) is 14.0 Å². The first kappa shape index (κ1) is 18.2. The second-order valence-electron chi connectivity index (χ2n) is 7.23. The first-order chi connectivity index (χ1) is 13.5. The van der Waals surface area contributed by atoms with E-state index in [0.29, 0.717) is 37.2 Å². The first-order valence-electron chi connectivity index (χ1n) is 9.45. The van der Waals surface area contributed by atoms with E-state index in [2.05, 4.69) is 0 Å². The number of likely N-dealkylation sites (tertiary alicyclic amines) is 1. The number of fused-ring (bicyclic) bond motifs is 1. The maximum atomic E-state index is 14.2. The van der Waals surface area contributed by atoms with Crippen LogP contribution in [0.15, 0.2) is 54.6 Å². The number of carbonyl (C=O) groups is 2. The summed E-state index contributed by atoms with van der Waals surface area (Å²) in [6, 6.07) is 16.2. The van der Waals surface area contributed by atoms with Gasteiger partial charge in [-0.15, -0.1) is 0 Å². The molecule has 0 unspecified atom stereocenters. The minimum absolute atomic E-state index is 0.101. The van der Waals surface area contributed by atoms with Gasteiger partial charge in [-0.25, -0.2) is 4.39 Å². The second-order valence-corrected chi connectivity index (χ2v) is 7.23. The number of primary amides is 1. The van der Waals surface area contributed by atoms with Crippen molar-refractivity contribution in [1.29, 1.82) is 0 Å². The minimum atomic E-state index is -0.305. The van der Waals surface area contributed by atoms with Crippen LogP contribution >= 0.6 is 0 Å². The van der Waals surface area contributed by atoms with Crippen molar-refractivity contribution in [2.75, 3.05) is 13.1 Å². The number of halogens is 1. The molecule has 2 N–H and O–H groups in total. The van der Waals surface area contributed by atoms with Gasteiger partial charge in [-0.3, -0.25) is 9.59 Å². The van der Waals surface area contributed by atoms with Crippen LogP contribution < -0.4 is 5.73 Å². The van der Waals surface area contributed by atoms with E-state index in [1.807, 2.05) is 34.9 Å². The van der Waals surface area contributed by atoms with Gasteiger partial charge in [0, 0.05) is 35.5 Å². The van der Waals surface area contributed by atoms with E-state index in [4.69, 9.17) is 5.73 Å². The molecule has 28 heavy (non-hydrogen) atoms. The summed E-state index contributed by atoms with van der Waals surface area (Å²) in [5, 5.41) is 0.939. The number of rotatable bonds is 4. The van der Waals surface area contributed by atoms with Crippen molar-refractivity contribution in [2.24, 2.45) is 11.7 Å². The average Bonchev–Trinajstić information content (AvgIpc) is 3.08. The van der Waals surface area contributed by atoms with Crippen molar-refractivity contribution in [2.45, 2.75) is 19.4 Å². The van der Waals surface area contributed by atoms with Crippen LogP contribution in [0.25, 0.3) is 10.9 Å². The Morgan fingerprint density at radius 3 is 2.43 bits per heavy atom. The zero-order chi connectivity index (χ0) is 19.7. The molecule has 144 valence electrons. The van der Waals surface area contributed by atoms with Crippen LogP contribution in [-0.2, 0) is 11.3 Å². The molecule has 1 aliphatic heterocycles. The predicted octanol–water partition coefficient (Wildman–Crippen LogP) is 3.17. The number of hydrogen-bond acceptors (Lipinski definition) is 2. The second kappa shape index (κ2) is 7.46. The Morgan fingerprint density at radius 1 is 1.04 bits per heavy atom. The summed E-state index contributed by atoms with van der Waals surface area (Å²) in [5.74, 6) is -0.870. The van der Waals surface area contributed by atoms with Crippen molar-refractivity contribution < 1.29 is 14.0 Å². The fraction of sp³-hybridized carbons (Fsp3) is 0.273. The number of nitrogens with zero attached hydrogens (tertiary/aromatic N) is 2. The van der Waals surface area contributed by atoms with Crippen molar-refractivity contribution in [1.82, 2.24) is 9.47 Å². The minimum Gasteiger partial charge on any atom is -0.369 e. The first-order valence-corrected chi connectivity index (χ1v) is 9.45. The Kier molecular flexibility index (Phi) is 4.86. The molecule has 0 radical (unpaired) electrons. The molecule has 0 bridgehead atoms. The molecule has 2 heterocycles. The third kappa shape index (κ3) is 3.38. The van der Waals surface area contributed by atoms with Crippen LogP contribution in [0.4, 0.5) is 4.39 Å². The van der Waals surface area contributed by atoms with E-state index < -0.39 is 0 Å². The highest BCUT2D eigenvalue weighted by molar-refractivity contribution is 5.99. The van der Waals surface area contributed by atoms with Gasteiger partial charge < -0.3 is 15.2 Å². The number of nitrogens with two attached hydrogens (primary N) is 1. The number of carbonyl (C=O) groups excluding carboxylic acids is 2. The molecular weight excluding hydrogens is 357 g/mol. The Labute approximate surface area is 162 Å². The quantitative estimate of drug-likeness (QED) is 0.757. The van der Waals surface area contributed by atoms with Gasteiger partial charge in [0.1, 0.15) is 11.5 Å². The molecule has 1 aliphatic rings. The van der Waals surface area contributed by atoms with Crippen LogP contribution in [-0.4, -0.2) is 34.4 Å². The largest absolute Gasteiger partial charge is 0.369 e. The number of amides is 2. The lowest BCUT2D eigenvalue weighted by Gasteiger charge is -2.30. The van der Waals surface area contributed by atoms with E-state index in [1.54, 1.807) is 23.1 Å². The third-order valence-corrected chi connectivity index (χ3v) is 5.50. The highest BCUT2D eigenvalue weighted by Crippen LogP contribution is 2.25. The third-order valence-electron chi connectivity index (χ3n) is 5.50. The zero-order valence-corrected chi connectivity index (χ0v) is 15.5. The summed E-state index contributed by atoms with van der Waals surface area (Å²) in [6.07, 6.45) is 1.16. The molecule has 4 rings (SSSR count). The lowest BCUT2D eigenvalue weighted by Crippen LogP contribution is -2.42. The van der Waals surface area contributed by atoms with Gasteiger partial charge in [0.15, 0.2) is 0 Å². The van der Waals surface area contributed by atoms with Gasteiger partial charge >= 0.3 is 0 Å². The maximum absolute atomic E-state index is 14.2. The van der Waals surface area contributed by atoms with Crippen LogP contribution in [0.2, 0.25) is 0 Å². The van der Waals surface area contributed by atoms with Gasteiger partial charge in [-0.1, -0.05) is 36.4 Å². The molecular formula is C22H22FN3O2. The van der Waals surface area contributed by atoms with Gasteiger partial charge in [0.25, 0.3) is 5.91 Å². The zero-order valence-electron chi connectivity index (χ0n) is 15.5. The smallest absolute Gasteiger partial charge is 0.270 e. The molecule has 3 aromatic rings. The number of aromatic nitrogens is 1. The fourth-order valence-electron chi connectivity index (χ4n) is 3.88. The topological polar surface area (TPSA) is 68.3 Å². The Morgan fingerprint density at radius 2 is 1.71 bits per heavy atom. The molecule has 0 saturated carbocycles. The maximum Gasteiger partial charge on any atom is 0.270 e. The van der Waals surface area contributed by atoms with Crippen molar-refractivity contribution in [3.05, 3.63) is 71.7 Å². The summed E-state index contributed by atoms with van der Waals surface area (Å²) >= 11 is 0. The van der Waals surface area contributed by atoms with E-state index in [0.717, 1.165) is 10.9 Å². The summed E-state index contributed by atoms with van der Waals surface area (Å²) < 4.78 is 16.1. The van der Waals surface area contributed by atoms with Gasteiger partial charge in [0.2, 0.25) is 5.91 Å². The molecule has 2 aromatic carbocycles. The fourth-order valence-corrected chi connectivity index (χ4v) is 3.88. The van der Waals surface area contributed by atoms with E-state index in [-0.39, 0.29) is 30.1 Å². The van der Waals surface area contributed by atoms with Gasteiger partial charge in [0.05, 0.1) is 6.54 Å². The summed E-state index contributed by atoms with van der Waals surface area (Å²) in [4.78, 5) is 26.4.